The summed E-state index contributed by atoms with van der Waals surface area (Å²) in [6, 6.07) is 18.2. The zero-order chi connectivity index (χ0) is 26.6. The topological polar surface area (TPSA) is 82.1 Å². The summed E-state index contributed by atoms with van der Waals surface area (Å²) in [5.74, 6) is -0.969. The van der Waals surface area contributed by atoms with Gasteiger partial charge in [-0.2, -0.15) is 0 Å². The van der Waals surface area contributed by atoms with E-state index in [1.165, 1.54) is 7.11 Å². The van der Waals surface area contributed by atoms with Gasteiger partial charge in [0.25, 0.3) is 0 Å². The van der Waals surface area contributed by atoms with Gasteiger partial charge in [0.05, 0.1) is 26.9 Å². The summed E-state index contributed by atoms with van der Waals surface area (Å²) in [5, 5.41) is 0. The molecule has 0 radical (unpaired) electrons. The predicted octanol–water partition coefficient (Wildman–Crippen LogP) is 4.70. The third kappa shape index (κ3) is 3.05. The van der Waals surface area contributed by atoms with Crippen molar-refractivity contribution in [3.05, 3.63) is 95.1 Å². The maximum Gasteiger partial charge on any atom is 0.329 e. The molecule has 2 aliphatic heterocycles. The Morgan fingerprint density at radius 1 is 0.895 bits per heavy atom. The molecule has 1 spiro atoms. The molecule has 3 aromatic rings. The van der Waals surface area contributed by atoms with Crippen molar-refractivity contribution in [2.75, 3.05) is 25.7 Å². The highest BCUT2D eigenvalue weighted by Gasteiger charge is 2.72. The molecule has 0 aromatic heterocycles. The van der Waals surface area contributed by atoms with Crippen molar-refractivity contribution < 1.29 is 28.6 Å². The highest BCUT2D eigenvalue weighted by Crippen LogP contribution is 2.61. The van der Waals surface area contributed by atoms with Crippen LogP contribution in [0.2, 0.25) is 0 Å². The van der Waals surface area contributed by atoms with Crippen LogP contribution in [0.25, 0.3) is 6.08 Å². The van der Waals surface area contributed by atoms with Crippen LogP contribution in [-0.2, 0) is 9.53 Å². The van der Waals surface area contributed by atoms with Gasteiger partial charge in [-0.05, 0) is 36.2 Å². The Morgan fingerprint density at radius 3 is 2.21 bits per heavy atom. The number of para-hydroxylation sites is 1. The number of methoxy groups -OCH3 is 2. The van der Waals surface area contributed by atoms with Crippen LogP contribution in [0.5, 0.6) is 11.5 Å². The number of Topliss-reactive ketones (excluding diaryl/α,β-unsaturated/α-hetero) is 2. The molecular weight excluding hydrogens is 482 g/mol. The second kappa shape index (κ2) is 8.87. The Morgan fingerprint density at radius 2 is 1.55 bits per heavy atom. The number of hydrogen-bond acceptors (Lipinski definition) is 7. The summed E-state index contributed by atoms with van der Waals surface area (Å²) in [7, 11) is 3.07. The molecule has 38 heavy (non-hydrogen) atoms. The number of carbonyl (C=O) groups excluding carboxylic acids is 3. The third-order valence-electron chi connectivity index (χ3n) is 8.01. The number of fused-ring (bicyclic) bond motifs is 5. The third-order valence-corrected chi connectivity index (χ3v) is 8.01. The number of rotatable bonds is 5. The summed E-state index contributed by atoms with van der Waals surface area (Å²) in [5.41, 5.74) is 1.47. The summed E-state index contributed by atoms with van der Waals surface area (Å²) in [6.45, 7) is 1.91. The van der Waals surface area contributed by atoms with Crippen molar-refractivity contribution in [2.24, 2.45) is 5.41 Å². The Labute approximate surface area is 220 Å². The monoisotopic (exact) mass is 509 g/mol. The molecule has 0 bridgehead atoms. The highest BCUT2D eigenvalue weighted by atomic mass is 16.5. The van der Waals surface area contributed by atoms with Gasteiger partial charge in [-0.25, -0.2) is 4.79 Å². The lowest BCUT2D eigenvalue weighted by atomic mass is 9.64. The smallest absolute Gasteiger partial charge is 0.329 e. The first kappa shape index (κ1) is 24.0. The Balaban J connectivity index is 1.68. The van der Waals surface area contributed by atoms with E-state index in [1.54, 1.807) is 56.5 Å². The van der Waals surface area contributed by atoms with E-state index in [0.29, 0.717) is 28.2 Å². The van der Waals surface area contributed by atoms with E-state index in [1.807, 2.05) is 41.3 Å². The van der Waals surface area contributed by atoms with Crippen LogP contribution in [-0.4, -0.2) is 50.4 Å². The van der Waals surface area contributed by atoms with Gasteiger partial charge < -0.3 is 19.1 Å². The van der Waals surface area contributed by atoms with E-state index >= 15 is 0 Å². The average molecular weight is 510 g/mol. The van der Waals surface area contributed by atoms with Crippen molar-refractivity contribution in [1.29, 1.82) is 0 Å². The zero-order valence-electron chi connectivity index (χ0n) is 21.3. The molecular formula is C31H27NO6. The zero-order valence-corrected chi connectivity index (χ0v) is 21.3. The summed E-state index contributed by atoms with van der Waals surface area (Å²) >= 11 is 0. The van der Waals surface area contributed by atoms with Crippen LogP contribution >= 0.6 is 0 Å². The molecule has 0 amide bonds. The molecule has 7 nitrogen and oxygen atoms in total. The molecule has 0 saturated carbocycles. The second-order valence-corrected chi connectivity index (χ2v) is 9.63. The number of ketones is 2. The molecule has 6 rings (SSSR count). The molecule has 1 aliphatic carbocycles. The van der Waals surface area contributed by atoms with Gasteiger partial charge in [-0.1, -0.05) is 60.7 Å². The Bertz CT molecular complexity index is 1470. The second-order valence-electron chi connectivity index (χ2n) is 9.63. The molecule has 1 saturated heterocycles. The van der Waals surface area contributed by atoms with E-state index in [4.69, 9.17) is 14.2 Å². The fraction of sp³-hybridized carbons (Fsp3) is 0.258. The van der Waals surface area contributed by atoms with E-state index < -0.39 is 29.4 Å². The lowest BCUT2D eigenvalue weighted by molar-refractivity contribution is -0.145. The fourth-order valence-electron chi connectivity index (χ4n) is 6.54. The van der Waals surface area contributed by atoms with Crippen LogP contribution in [0.4, 0.5) is 5.69 Å². The molecule has 2 heterocycles. The number of esters is 1. The van der Waals surface area contributed by atoms with Crippen molar-refractivity contribution in [3.63, 3.8) is 0 Å². The van der Waals surface area contributed by atoms with Gasteiger partial charge in [-0.3, -0.25) is 9.59 Å². The average Bonchev–Trinajstić information content (AvgIpc) is 3.39. The minimum absolute atomic E-state index is 0.166. The van der Waals surface area contributed by atoms with Gasteiger partial charge in [0, 0.05) is 22.7 Å². The van der Waals surface area contributed by atoms with Gasteiger partial charge in [0.2, 0.25) is 0 Å². The molecule has 192 valence electrons. The quantitative estimate of drug-likeness (QED) is 0.364. The lowest BCUT2D eigenvalue weighted by Crippen LogP contribution is -2.48. The number of hydrogen-bond donors (Lipinski definition) is 0. The van der Waals surface area contributed by atoms with Crippen LogP contribution in [0.1, 0.15) is 44.7 Å². The molecule has 3 aromatic carbocycles. The van der Waals surface area contributed by atoms with E-state index in [-0.39, 0.29) is 18.2 Å². The normalized spacial score (nSPS) is 22.2. The fourth-order valence-corrected chi connectivity index (χ4v) is 6.54. The number of anilines is 1. The van der Waals surface area contributed by atoms with Crippen LogP contribution in [0.15, 0.2) is 72.8 Å². The maximum absolute atomic E-state index is 14.5. The van der Waals surface area contributed by atoms with Crippen molar-refractivity contribution in [1.82, 2.24) is 0 Å². The predicted molar refractivity (Wildman–Crippen MR) is 142 cm³/mol. The first-order valence-corrected chi connectivity index (χ1v) is 12.6. The van der Waals surface area contributed by atoms with Gasteiger partial charge >= 0.3 is 5.97 Å². The van der Waals surface area contributed by atoms with E-state index in [0.717, 1.165) is 11.3 Å². The standard InChI is InChI=1S/C31H27NO6/c1-4-38-30(35)27-26(19-13-15-23(36-2)24(17-19)37-3)31(28(33)20-10-6-7-11-21(20)29(31)34)25-16-14-18-9-5-8-12-22(18)32(25)27/h5-17,25-27H,4H2,1-3H3/t25-,26+,27-/m1/s1. The summed E-state index contributed by atoms with van der Waals surface area (Å²) < 4.78 is 16.6. The molecule has 7 heteroatoms. The lowest BCUT2D eigenvalue weighted by Gasteiger charge is -2.36. The van der Waals surface area contributed by atoms with E-state index in [2.05, 4.69) is 0 Å². The van der Waals surface area contributed by atoms with Crippen LogP contribution < -0.4 is 14.4 Å². The van der Waals surface area contributed by atoms with Crippen LogP contribution in [0, 0.1) is 5.41 Å². The Kier molecular flexibility index (Phi) is 5.60. The largest absolute Gasteiger partial charge is 0.493 e. The molecule has 3 aliphatic rings. The summed E-state index contributed by atoms with van der Waals surface area (Å²) in [4.78, 5) is 44.7. The van der Waals surface area contributed by atoms with Gasteiger partial charge in [0.15, 0.2) is 23.1 Å². The van der Waals surface area contributed by atoms with E-state index in [9.17, 15) is 14.4 Å². The number of ether oxygens (including phenoxy) is 3. The van der Waals surface area contributed by atoms with Crippen molar-refractivity contribution >= 4 is 29.3 Å². The summed E-state index contributed by atoms with van der Waals surface area (Å²) in [6.07, 6.45) is 3.82. The van der Waals surface area contributed by atoms with Gasteiger partial charge in [-0.15, -0.1) is 0 Å². The first-order chi connectivity index (χ1) is 18.5. The highest BCUT2D eigenvalue weighted by molar-refractivity contribution is 6.32. The number of benzene rings is 3. The van der Waals surface area contributed by atoms with Crippen LogP contribution in [0.3, 0.4) is 0 Å². The maximum atomic E-state index is 14.5. The first-order valence-electron chi connectivity index (χ1n) is 12.6. The Hall–Kier alpha value is -4.39. The molecule has 0 unspecified atom stereocenters. The minimum atomic E-state index is -1.58. The van der Waals surface area contributed by atoms with Crippen molar-refractivity contribution in [3.8, 4) is 11.5 Å². The number of nitrogens with zero attached hydrogens (tertiary/aromatic N) is 1. The van der Waals surface area contributed by atoms with Gasteiger partial charge in [0.1, 0.15) is 11.5 Å². The SMILES string of the molecule is CCOC(=O)[C@H]1[C@H](c2ccc(OC)c(OC)c2)C2(C(=O)c3ccccc3C2=O)[C@H]2C=Cc3ccccc3N12. The number of carbonyl (C=O) groups is 3. The minimum Gasteiger partial charge on any atom is -0.493 e. The van der Waals surface area contributed by atoms with Crippen molar-refractivity contribution in [2.45, 2.75) is 24.9 Å². The molecule has 0 N–H and O–H groups in total. The molecule has 3 atom stereocenters. The molecule has 1 fully saturated rings.